The van der Waals surface area contributed by atoms with Gasteiger partial charge in [0.1, 0.15) is 0 Å². The molecule has 1 unspecified atom stereocenters. The van der Waals surface area contributed by atoms with Crippen molar-refractivity contribution < 1.29 is 9.59 Å². The van der Waals surface area contributed by atoms with E-state index in [9.17, 15) is 9.59 Å². The molecule has 1 aromatic rings. The largest absolute Gasteiger partial charge is 0.348 e. The normalized spacial score (nSPS) is 17.2. The summed E-state index contributed by atoms with van der Waals surface area (Å²) < 4.78 is 0. The molecule has 4 heteroatoms. The van der Waals surface area contributed by atoms with Crippen LogP contribution in [-0.2, 0) is 16.0 Å². The van der Waals surface area contributed by atoms with E-state index in [-0.39, 0.29) is 6.04 Å². The molecule has 2 rings (SSSR count). The first-order valence-corrected chi connectivity index (χ1v) is 6.84. The van der Waals surface area contributed by atoms with E-state index in [0.717, 1.165) is 30.5 Å². The van der Waals surface area contributed by atoms with Crippen molar-refractivity contribution in [3.63, 3.8) is 0 Å². The number of rotatable bonds is 3. The zero-order chi connectivity index (χ0) is 13.8. The maximum absolute atomic E-state index is 12.2. The van der Waals surface area contributed by atoms with Gasteiger partial charge < -0.3 is 10.2 Å². The van der Waals surface area contributed by atoms with Crippen molar-refractivity contribution in [3.8, 4) is 0 Å². The topological polar surface area (TPSA) is 49.4 Å². The number of fused-ring (bicyclic) bond motifs is 1. The summed E-state index contributed by atoms with van der Waals surface area (Å²) in [6, 6.07) is 7.80. The number of benzene rings is 1. The fourth-order valence-electron chi connectivity index (χ4n) is 2.44. The molecule has 2 amide bonds. The molecule has 1 aliphatic heterocycles. The van der Waals surface area contributed by atoms with Crippen LogP contribution in [0, 0.1) is 0 Å². The number of nitrogens with one attached hydrogen (secondary N) is 1. The molecule has 0 spiro atoms. The van der Waals surface area contributed by atoms with E-state index in [1.807, 2.05) is 38.1 Å². The molecule has 1 aliphatic rings. The summed E-state index contributed by atoms with van der Waals surface area (Å²) in [5, 5.41) is 2.68. The number of hydrogen-bond donors (Lipinski definition) is 1. The lowest BCUT2D eigenvalue weighted by Crippen LogP contribution is -2.45. The highest BCUT2D eigenvalue weighted by molar-refractivity contribution is 6.40. The Balaban J connectivity index is 2.09. The van der Waals surface area contributed by atoms with Gasteiger partial charge in [0.15, 0.2) is 0 Å². The number of amides is 2. The van der Waals surface area contributed by atoms with Gasteiger partial charge >= 0.3 is 11.8 Å². The van der Waals surface area contributed by atoms with E-state index in [1.54, 1.807) is 4.90 Å². The third-order valence-corrected chi connectivity index (χ3v) is 3.44. The summed E-state index contributed by atoms with van der Waals surface area (Å²) in [6.07, 6.45) is 2.70. The number of anilines is 1. The first kappa shape index (κ1) is 13.6. The molecule has 19 heavy (non-hydrogen) atoms. The molecular formula is C15H20N2O2. The minimum Gasteiger partial charge on any atom is -0.348 e. The van der Waals surface area contributed by atoms with E-state index in [0.29, 0.717) is 6.54 Å². The standard InChI is InChI=1S/C15H20N2O2/c1-3-4-9-16-14(18)15(19)17-11(2)10-12-7-5-6-8-13(12)17/h5-8,11H,3-4,9-10H2,1-2H3,(H,16,18). The van der Waals surface area contributed by atoms with Crippen LogP contribution in [-0.4, -0.2) is 24.4 Å². The lowest BCUT2D eigenvalue weighted by atomic mass is 10.1. The van der Waals surface area contributed by atoms with Crippen LogP contribution < -0.4 is 10.2 Å². The van der Waals surface area contributed by atoms with Gasteiger partial charge in [-0.25, -0.2) is 0 Å². The van der Waals surface area contributed by atoms with Crippen LogP contribution >= 0.6 is 0 Å². The average molecular weight is 260 g/mol. The molecule has 1 atom stereocenters. The van der Waals surface area contributed by atoms with Crippen LogP contribution in [0.25, 0.3) is 0 Å². The third kappa shape index (κ3) is 2.78. The predicted octanol–water partition coefficient (Wildman–Crippen LogP) is 1.88. The Labute approximate surface area is 113 Å². The van der Waals surface area contributed by atoms with Crippen molar-refractivity contribution >= 4 is 17.5 Å². The van der Waals surface area contributed by atoms with Gasteiger partial charge in [-0.2, -0.15) is 0 Å². The molecule has 102 valence electrons. The summed E-state index contributed by atoms with van der Waals surface area (Å²) in [7, 11) is 0. The van der Waals surface area contributed by atoms with Crippen LogP contribution in [0.2, 0.25) is 0 Å². The van der Waals surface area contributed by atoms with Crippen LogP contribution in [0.5, 0.6) is 0 Å². The van der Waals surface area contributed by atoms with Gasteiger partial charge in [0.05, 0.1) is 0 Å². The van der Waals surface area contributed by atoms with Gasteiger partial charge in [0, 0.05) is 18.3 Å². The van der Waals surface area contributed by atoms with Gasteiger partial charge in [0.2, 0.25) is 0 Å². The Kier molecular flexibility index (Phi) is 4.20. The van der Waals surface area contributed by atoms with Gasteiger partial charge in [0.25, 0.3) is 0 Å². The summed E-state index contributed by atoms with van der Waals surface area (Å²) >= 11 is 0. The highest BCUT2D eigenvalue weighted by atomic mass is 16.2. The summed E-state index contributed by atoms with van der Waals surface area (Å²) in [4.78, 5) is 25.7. The molecule has 4 nitrogen and oxygen atoms in total. The Morgan fingerprint density at radius 2 is 2.11 bits per heavy atom. The number of carbonyl (C=O) groups excluding carboxylic acids is 2. The number of unbranched alkanes of at least 4 members (excludes halogenated alkanes) is 1. The highest BCUT2D eigenvalue weighted by Gasteiger charge is 2.33. The minimum atomic E-state index is -0.503. The molecule has 0 fully saturated rings. The Hall–Kier alpha value is -1.84. The van der Waals surface area contributed by atoms with E-state index in [4.69, 9.17) is 0 Å². The fraction of sp³-hybridized carbons (Fsp3) is 0.467. The molecule has 0 bridgehead atoms. The molecule has 1 aromatic carbocycles. The number of nitrogens with zero attached hydrogens (tertiary/aromatic N) is 1. The zero-order valence-corrected chi connectivity index (χ0v) is 11.5. The predicted molar refractivity (Wildman–Crippen MR) is 75.0 cm³/mol. The van der Waals surface area contributed by atoms with Gasteiger partial charge in [-0.1, -0.05) is 31.5 Å². The number of carbonyl (C=O) groups is 2. The fourth-order valence-corrected chi connectivity index (χ4v) is 2.44. The zero-order valence-electron chi connectivity index (χ0n) is 11.5. The SMILES string of the molecule is CCCCNC(=O)C(=O)N1c2ccccc2CC1C. The highest BCUT2D eigenvalue weighted by Crippen LogP contribution is 2.31. The summed E-state index contributed by atoms with van der Waals surface area (Å²) in [5.41, 5.74) is 2.00. The second-order valence-corrected chi connectivity index (χ2v) is 4.97. The van der Waals surface area contributed by atoms with E-state index in [2.05, 4.69) is 5.32 Å². The first-order chi connectivity index (χ1) is 9.15. The van der Waals surface area contributed by atoms with Crippen LogP contribution in [0.3, 0.4) is 0 Å². The van der Waals surface area contributed by atoms with Gasteiger partial charge in [-0.15, -0.1) is 0 Å². The number of hydrogen-bond acceptors (Lipinski definition) is 2. The number of para-hydroxylation sites is 1. The van der Waals surface area contributed by atoms with Crippen LogP contribution in [0.15, 0.2) is 24.3 Å². The van der Waals surface area contributed by atoms with Gasteiger partial charge in [-0.05, 0) is 31.4 Å². The lowest BCUT2D eigenvalue weighted by Gasteiger charge is -2.21. The average Bonchev–Trinajstić information content (AvgIpc) is 2.74. The molecular weight excluding hydrogens is 240 g/mol. The monoisotopic (exact) mass is 260 g/mol. The Morgan fingerprint density at radius 1 is 1.37 bits per heavy atom. The van der Waals surface area contributed by atoms with Crippen molar-refractivity contribution in [1.29, 1.82) is 0 Å². The minimum absolute atomic E-state index is 0.0434. The maximum Gasteiger partial charge on any atom is 0.316 e. The molecule has 0 saturated carbocycles. The van der Waals surface area contributed by atoms with Crippen LogP contribution in [0.4, 0.5) is 5.69 Å². The smallest absolute Gasteiger partial charge is 0.316 e. The van der Waals surface area contributed by atoms with Crippen molar-refractivity contribution in [2.45, 2.75) is 39.2 Å². The Morgan fingerprint density at radius 3 is 2.84 bits per heavy atom. The quantitative estimate of drug-likeness (QED) is 0.666. The molecule has 0 aromatic heterocycles. The molecule has 1 heterocycles. The van der Waals surface area contributed by atoms with Gasteiger partial charge in [-0.3, -0.25) is 9.59 Å². The van der Waals surface area contributed by atoms with E-state index < -0.39 is 11.8 Å². The van der Waals surface area contributed by atoms with E-state index in [1.165, 1.54) is 0 Å². The lowest BCUT2D eigenvalue weighted by molar-refractivity contribution is -0.137. The van der Waals surface area contributed by atoms with Crippen LogP contribution in [0.1, 0.15) is 32.3 Å². The van der Waals surface area contributed by atoms with Crippen molar-refractivity contribution in [2.24, 2.45) is 0 Å². The molecule has 1 N–H and O–H groups in total. The molecule has 0 saturated heterocycles. The van der Waals surface area contributed by atoms with Crippen molar-refractivity contribution in [2.75, 3.05) is 11.4 Å². The maximum atomic E-state index is 12.2. The molecule has 0 aliphatic carbocycles. The van der Waals surface area contributed by atoms with Crippen molar-refractivity contribution in [3.05, 3.63) is 29.8 Å². The second kappa shape index (κ2) is 5.87. The third-order valence-electron chi connectivity index (χ3n) is 3.44. The molecule has 0 radical (unpaired) electrons. The summed E-state index contributed by atoms with van der Waals surface area (Å²) in [5.74, 6) is -0.953. The second-order valence-electron chi connectivity index (χ2n) is 4.97. The first-order valence-electron chi connectivity index (χ1n) is 6.84. The van der Waals surface area contributed by atoms with E-state index >= 15 is 0 Å². The Bertz CT molecular complexity index is 485. The van der Waals surface area contributed by atoms with Crippen molar-refractivity contribution in [1.82, 2.24) is 5.32 Å². The summed E-state index contributed by atoms with van der Waals surface area (Å²) in [6.45, 7) is 4.58.